The number of carbonyl (C=O) groups excluding carboxylic acids is 2. The van der Waals surface area contributed by atoms with E-state index in [2.05, 4.69) is 168 Å². The number of allylic oxidation sites excluding steroid dienone is 6. The van der Waals surface area contributed by atoms with Crippen LogP contribution >= 0.6 is 24.4 Å². The summed E-state index contributed by atoms with van der Waals surface area (Å²) in [5.41, 5.74) is 25.7. The van der Waals surface area contributed by atoms with Gasteiger partial charge in [0.25, 0.3) is 0 Å². The van der Waals surface area contributed by atoms with Gasteiger partial charge >= 0.3 is 0 Å². The van der Waals surface area contributed by atoms with Gasteiger partial charge in [0.1, 0.15) is 0 Å². The maximum atomic E-state index is 12.4. The van der Waals surface area contributed by atoms with Crippen LogP contribution in [0, 0.1) is 80.9 Å². The molecule has 6 atom stereocenters. The lowest BCUT2D eigenvalue weighted by molar-refractivity contribution is 0.0893. The molecule has 0 saturated carbocycles. The first kappa shape index (κ1) is 78.4. The van der Waals surface area contributed by atoms with E-state index in [1.807, 2.05) is 97.2 Å². The summed E-state index contributed by atoms with van der Waals surface area (Å²) in [4.78, 5) is 69.8. The summed E-state index contributed by atoms with van der Waals surface area (Å²) >= 11 is 10.1. The van der Waals surface area contributed by atoms with Crippen molar-refractivity contribution in [1.82, 2.24) is 59.4 Å². The summed E-state index contributed by atoms with van der Waals surface area (Å²) < 4.78 is 3.24. The number of imidazole rings is 6. The molecule has 6 aliphatic carbocycles. The van der Waals surface area contributed by atoms with Crippen LogP contribution in [0.25, 0.3) is 32.0 Å². The Bertz CT molecular complexity index is 5430. The van der Waals surface area contributed by atoms with Crippen LogP contribution in [-0.2, 0) is 84.1 Å². The Hall–Kier alpha value is -12.7. The van der Waals surface area contributed by atoms with E-state index in [1.54, 1.807) is 56.1 Å². The third-order valence-electron chi connectivity index (χ3n) is 22.3. The number of aromatic amines is 7. The summed E-state index contributed by atoms with van der Waals surface area (Å²) in [6, 6.07) is 53.9. The van der Waals surface area contributed by atoms with Crippen molar-refractivity contribution in [2.45, 2.75) is 116 Å². The Morgan fingerprint density at radius 3 is 1.04 bits per heavy atom. The molecule has 0 spiro atoms. The van der Waals surface area contributed by atoms with Crippen molar-refractivity contribution in [2.75, 3.05) is 0 Å². The number of benzene rings is 6. The van der Waals surface area contributed by atoms with Gasteiger partial charge in [-0.3, -0.25) is 9.59 Å². The molecule has 566 valence electrons. The van der Waals surface area contributed by atoms with Crippen molar-refractivity contribution in [3.05, 3.63) is 366 Å². The van der Waals surface area contributed by atoms with Gasteiger partial charge in [-0.2, -0.15) is 10.5 Å². The minimum absolute atomic E-state index is 0.0924. The third kappa shape index (κ3) is 20.3. The minimum atomic E-state index is 0.0924. The lowest BCUT2D eigenvalue weighted by Crippen LogP contribution is -2.24. The number of ketones is 2. The molecular formula is C93H90N16O2S2. The molecule has 0 aliphatic heterocycles. The maximum absolute atomic E-state index is 12.4. The van der Waals surface area contributed by atoms with Gasteiger partial charge in [0, 0.05) is 114 Å². The van der Waals surface area contributed by atoms with Gasteiger partial charge in [-0.1, -0.05) is 146 Å². The van der Waals surface area contributed by atoms with E-state index < -0.39 is 0 Å². The zero-order valence-corrected chi connectivity index (χ0v) is 64.9. The number of fused-ring (bicyclic) bond motifs is 6. The van der Waals surface area contributed by atoms with Gasteiger partial charge in [0.15, 0.2) is 33.5 Å². The lowest BCUT2D eigenvalue weighted by Gasteiger charge is -2.27. The van der Waals surface area contributed by atoms with Crippen molar-refractivity contribution in [3.8, 4) is 12.1 Å². The Morgan fingerprint density at radius 1 is 0.425 bits per heavy atom. The van der Waals surface area contributed by atoms with E-state index >= 15 is 0 Å². The van der Waals surface area contributed by atoms with E-state index in [4.69, 9.17) is 48.1 Å². The number of carbonyl (C=O) groups is 2. The van der Waals surface area contributed by atoms with E-state index in [1.165, 1.54) is 66.8 Å². The van der Waals surface area contributed by atoms with Gasteiger partial charge in [-0.05, 0) is 235 Å². The van der Waals surface area contributed by atoms with Crippen molar-refractivity contribution in [1.29, 1.82) is 10.5 Å². The molecule has 6 aliphatic rings. The van der Waals surface area contributed by atoms with E-state index in [0.717, 1.165) is 172 Å². The number of aryl methyl sites for hydroxylation is 7. The molecule has 0 radical (unpaired) electrons. The van der Waals surface area contributed by atoms with Crippen LogP contribution in [0.5, 0.6) is 0 Å². The van der Waals surface area contributed by atoms with Gasteiger partial charge in [0.2, 0.25) is 0 Å². The molecule has 0 saturated heterocycles. The molecule has 18 rings (SSSR count). The fourth-order valence-corrected chi connectivity index (χ4v) is 17.2. The first-order valence-corrected chi connectivity index (χ1v) is 39.5. The number of nitrogens with zero attached hydrogens (tertiary/aromatic N) is 9. The largest absolute Gasteiger partial charge is 0.348 e. The number of hydrogen-bond acceptors (Lipinski definition) is 10. The first-order chi connectivity index (χ1) is 55.4. The molecule has 0 bridgehead atoms. The minimum Gasteiger partial charge on any atom is -0.348 e. The average molecular weight is 1530 g/mol. The summed E-state index contributed by atoms with van der Waals surface area (Å²) in [5.74, 6) is 2.30. The number of Topliss-reactive ketones (excluding diaryl/α,β-unsaturated/α-hetero) is 2. The maximum Gasteiger partial charge on any atom is 0.174 e. The average Bonchev–Trinajstić information content (AvgIpc) is 0.976. The van der Waals surface area contributed by atoms with Crippen LogP contribution < -0.4 is 0 Å². The zero-order valence-electron chi connectivity index (χ0n) is 63.3. The van der Waals surface area contributed by atoms with E-state index in [9.17, 15) is 9.59 Å². The van der Waals surface area contributed by atoms with Crippen LogP contribution in [0.3, 0.4) is 0 Å². The Kier molecular flexibility index (Phi) is 26.9. The van der Waals surface area contributed by atoms with Gasteiger partial charge in [0.05, 0.1) is 56.3 Å². The lowest BCUT2D eigenvalue weighted by atomic mass is 9.77. The topological polar surface area (TPSA) is 257 Å². The second kappa shape index (κ2) is 38.8. The van der Waals surface area contributed by atoms with Crippen LogP contribution in [0.4, 0.5) is 0 Å². The molecule has 113 heavy (non-hydrogen) atoms. The molecule has 6 aromatic heterocycles. The fourth-order valence-electron chi connectivity index (χ4n) is 16.8. The van der Waals surface area contributed by atoms with Crippen molar-refractivity contribution in [2.24, 2.45) is 42.6 Å². The highest BCUT2D eigenvalue weighted by Gasteiger charge is 2.31. The second-order valence-electron chi connectivity index (χ2n) is 29.5. The number of nitrogens with one attached hydrogen (secondary N) is 7. The van der Waals surface area contributed by atoms with Crippen molar-refractivity contribution < 1.29 is 9.59 Å². The summed E-state index contributed by atoms with van der Waals surface area (Å²) in [5, 5.41) is 18.1. The predicted molar refractivity (Wildman–Crippen MR) is 448 cm³/mol. The zero-order chi connectivity index (χ0) is 78.3. The number of nitriles is 2. The first-order valence-electron chi connectivity index (χ1n) is 38.7. The Labute approximate surface area is 669 Å². The number of hydrogen-bond donors (Lipinski definition) is 7. The van der Waals surface area contributed by atoms with E-state index in [-0.39, 0.29) is 23.4 Å². The summed E-state index contributed by atoms with van der Waals surface area (Å²) in [6.07, 6.45) is 42.7. The highest BCUT2D eigenvalue weighted by molar-refractivity contribution is 7.71. The predicted octanol–water partition coefficient (Wildman–Crippen LogP) is 19.3. The van der Waals surface area contributed by atoms with Gasteiger partial charge in [-0.15, -0.1) is 0 Å². The van der Waals surface area contributed by atoms with Crippen LogP contribution in [-0.4, -0.2) is 71.0 Å². The Morgan fingerprint density at radius 2 is 0.726 bits per heavy atom. The molecule has 18 nitrogen and oxygen atoms in total. The van der Waals surface area contributed by atoms with E-state index in [0.29, 0.717) is 33.2 Å². The number of H-pyrrole nitrogens is 7. The number of aromatic nitrogens is 12. The summed E-state index contributed by atoms with van der Waals surface area (Å²) in [6.45, 7) is 14.3. The quantitative estimate of drug-likeness (QED) is 0.0346. The third-order valence-corrected chi connectivity index (χ3v) is 22.8. The Balaban J connectivity index is 0.000000119. The molecule has 0 amide bonds. The van der Waals surface area contributed by atoms with Crippen LogP contribution in [0.1, 0.15) is 149 Å². The van der Waals surface area contributed by atoms with Crippen LogP contribution in [0.2, 0.25) is 0 Å². The molecule has 6 heterocycles. The molecule has 0 fully saturated rings. The SMILES string of the molecule is Cn1cnc(CC2CCc3ccccc3C2=O)c1.N#C/C=C1/c2ccccc2CCC1Cc1c[nH]c(=S)[nH]1.N#C/C=C1/c2ccccc2CCC1Cc1cnc[nH]1.O=C1c2ccccc2CCC1Cc1cnc[nH]1.[C-]#[N+]/C=C1\c2ccccc2CCC1Cc1c[nH]c(=S)[nH]1.[C-]#[N+]/C=C1\c2ccccc2CCC1Cc1cnc[nH]1. The normalized spacial score (nSPS) is 19.5. The van der Waals surface area contributed by atoms with Crippen molar-refractivity contribution in [3.63, 3.8) is 0 Å². The highest BCUT2D eigenvalue weighted by Crippen LogP contribution is 2.42. The van der Waals surface area contributed by atoms with Crippen LogP contribution in [0.15, 0.2) is 233 Å². The second-order valence-corrected chi connectivity index (χ2v) is 30.3. The highest BCUT2D eigenvalue weighted by atomic mass is 32.1. The monoisotopic (exact) mass is 1530 g/mol. The summed E-state index contributed by atoms with van der Waals surface area (Å²) in [7, 11) is 1.95. The van der Waals surface area contributed by atoms with Crippen molar-refractivity contribution >= 4 is 58.3 Å². The fraction of sp³-hybridized carbons (Fsp3) is 0.269. The molecule has 20 heteroatoms. The van der Waals surface area contributed by atoms with Gasteiger partial charge in [-0.25, -0.2) is 29.6 Å². The standard InChI is InChI=1S/2C16H15N3S.2C16H15N3.C15H16N2O.C14H14N2O/c1-17-10-15-12(8-13-9-18-16(20)19-13)7-6-11-4-2-3-5-14(11)15;17-8-7-15-12(9-13-10-18-16(20)19-13)6-5-11-3-1-2-4-14(11)15;1-17-10-16-13(8-14-9-18-11-19-14)7-6-12-4-2-3-5-15(12)16;17-8-7-16-13(9-14-10-18-11-19-14)6-5-12-3-1-2-4-15(12)16;1-17-9-13(16-10-17)8-12-7-6-11-4-2-3-5-14(11)15(12)18;17-14-11(7-12-8-15-9-16-12)6-5-10-3-1-2-4-13(10)14/h2-5,9-10,12H,6-8H2,(H2,18,19,20);1-4,7,10,12H,5-6,9H2,(H2,18,19,20);2-5,9-11,13H,6-8H2,(H,18,19);1-4,7,10-11,13H,5-6,9H2,(H,18,19);2-5,9-10,12H,6-8H2,1H3;1-4,8-9,11H,5-7H2,(H,15,16)/b15-10-;15-7+;16-10-;16-7+;;. The van der Waals surface area contributed by atoms with Gasteiger partial charge < -0.3 is 39.5 Å². The molecule has 6 aromatic carbocycles. The molecule has 6 unspecified atom stereocenters. The number of rotatable bonds is 12. The molecular weight excluding hydrogens is 1440 g/mol. The smallest absolute Gasteiger partial charge is 0.174 e. The molecule has 12 aromatic rings. The molecule has 7 N–H and O–H groups in total.